The molecule has 0 radical (unpaired) electrons. The van der Waals surface area contributed by atoms with Crippen molar-refractivity contribution in [1.82, 2.24) is 19.5 Å². The van der Waals surface area contributed by atoms with E-state index in [1.165, 1.54) is 12.1 Å². The maximum atomic E-state index is 9.00. The van der Waals surface area contributed by atoms with Crippen LogP contribution in [0.2, 0.25) is 15.1 Å². The molecule has 26 heavy (non-hydrogen) atoms. The Bertz CT molecular complexity index is 1210. The molecule has 0 amide bonds. The number of rotatable bonds is 2. The molecule has 0 N–H and O–H groups in total. The summed E-state index contributed by atoms with van der Waals surface area (Å²) >= 11 is 18.5. The number of nitrogens with zero attached hydrogens (tertiary/aromatic N) is 5. The molecule has 0 aliphatic heterocycles. The van der Waals surface area contributed by atoms with Crippen LogP contribution in [0.3, 0.4) is 0 Å². The number of fused-ring (bicyclic) bond motifs is 1. The van der Waals surface area contributed by atoms with Crippen molar-refractivity contribution in [3.63, 3.8) is 0 Å². The zero-order valence-corrected chi connectivity index (χ0v) is 15.4. The topological polar surface area (TPSA) is 80.0 Å². The van der Waals surface area contributed by atoms with Gasteiger partial charge in [0.2, 0.25) is 5.82 Å². The smallest absolute Gasteiger partial charge is 0.278 e. The third-order valence-corrected chi connectivity index (χ3v) is 4.61. The summed E-state index contributed by atoms with van der Waals surface area (Å²) in [4.78, 5) is 8.76. The lowest BCUT2D eigenvalue weighted by Gasteiger charge is -2.01. The summed E-state index contributed by atoms with van der Waals surface area (Å²) in [6.07, 6.45) is 3.64. The molecule has 0 saturated heterocycles. The molecule has 3 heterocycles. The fraction of sp³-hybridized carbons (Fsp3) is 0.0588. The first-order chi connectivity index (χ1) is 12.5. The van der Waals surface area contributed by atoms with Crippen LogP contribution in [-0.4, -0.2) is 19.5 Å². The highest BCUT2D eigenvalue weighted by atomic mass is 35.5. The largest absolute Gasteiger partial charge is 0.332 e. The molecule has 0 fully saturated rings. The molecule has 0 aliphatic rings. The summed E-state index contributed by atoms with van der Waals surface area (Å²) in [5.74, 6) is 0.463. The number of pyridine rings is 1. The lowest BCUT2D eigenvalue weighted by molar-refractivity contribution is 0.431. The van der Waals surface area contributed by atoms with E-state index >= 15 is 0 Å². The van der Waals surface area contributed by atoms with Crippen LogP contribution < -0.4 is 0 Å². The monoisotopic (exact) mass is 403 g/mol. The Morgan fingerprint density at radius 2 is 1.85 bits per heavy atom. The van der Waals surface area contributed by atoms with Gasteiger partial charge in [0.1, 0.15) is 11.8 Å². The normalized spacial score (nSPS) is 11.0. The fourth-order valence-corrected chi connectivity index (χ4v) is 3.30. The highest BCUT2D eigenvalue weighted by Crippen LogP contribution is 2.32. The second kappa shape index (κ2) is 6.29. The van der Waals surface area contributed by atoms with Gasteiger partial charge in [0, 0.05) is 18.0 Å². The molecule has 0 aliphatic carbocycles. The third kappa shape index (κ3) is 2.80. The molecule has 0 spiro atoms. The van der Waals surface area contributed by atoms with Crippen molar-refractivity contribution in [2.75, 3.05) is 0 Å². The number of halogens is 3. The van der Waals surface area contributed by atoms with Crippen molar-refractivity contribution in [1.29, 1.82) is 5.26 Å². The van der Waals surface area contributed by atoms with Gasteiger partial charge < -0.3 is 8.92 Å². The number of imidazole rings is 1. The third-order valence-electron chi connectivity index (χ3n) is 3.71. The molecule has 4 aromatic rings. The second-order valence-electron chi connectivity index (χ2n) is 5.57. The summed E-state index contributed by atoms with van der Waals surface area (Å²) in [5, 5.41) is 14.0. The summed E-state index contributed by atoms with van der Waals surface area (Å²) in [6.45, 7) is 1.94. The molecule has 0 bridgehead atoms. The van der Waals surface area contributed by atoms with Crippen LogP contribution in [0.15, 0.2) is 35.1 Å². The molecular weight excluding hydrogens is 397 g/mol. The van der Waals surface area contributed by atoms with Crippen LogP contribution in [0, 0.1) is 18.3 Å². The molecule has 0 atom stereocenters. The van der Waals surface area contributed by atoms with E-state index in [-0.39, 0.29) is 22.3 Å². The highest BCUT2D eigenvalue weighted by molar-refractivity contribution is 6.36. The Labute approximate surface area is 162 Å². The number of nitriles is 1. The Hall–Kier alpha value is -2.59. The van der Waals surface area contributed by atoms with Gasteiger partial charge in [-0.15, -0.1) is 0 Å². The van der Waals surface area contributed by atoms with Crippen molar-refractivity contribution >= 4 is 40.4 Å². The maximum Gasteiger partial charge on any atom is 0.278 e. The Morgan fingerprint density at radius 1 is 1.04 bits per heavy atom. The van der Waals surface area contributed by atoms with E-state index < -0.39 is 0 Å². The quantitative estimate of drug-likeness (QED) is 0.459. The molecule has 3 aromatic heterocycles. The minimum absolute atomic E-state index is 0.217. The standard InChI is InChI=1S/C17H8Cl3N5O/c1-8-2-13(20)16-22-14(7-25(16)6-8)17-23-15(24-26-17)10-4-11(18)9(5-21)3-12(10)19/h2-4,6-7H,1H3. The van der Waals surface area contributed by atoms with Gasteiger partial charge in [0.25, 0.3) is 5.89 Å². The molecule has 6 nitrogen and oxygen atoms in total. The Kier molecular flexibility index (Phi) is 4.08. The number of hydrogen-bond acceptors (Lipinski definition) is 5. The molecule has 1 aromatic carbocycles. The molecule has 0 saturated carbocycles. The van der Waals surface area contributed by atoms with Gasteiger partial charge in [-0.1, -0.05) is 40.0 Å². The second-order valence-corrected chi connectivity index (χ2v) is 6.79. The van der Waals surface area contributed by atoms with Crippen molar-refractivity contribution in [3.05, 3.63) is 56.8 Å². The summed E-state index contributed by atoms with van der Waals surface area (Å²) in [6, 6.07) is 6.78. The van der Waals surface area contributed by atoms with Crippen molar-refractivity contribution in [2.45, 2.75) is 6.92 Å². The maximum absolute atomic E-state index is 9.00. The van der Waals surface area contributed by atoms with E-state index in [0.717, 1.165) is 5.56 Å². The number of aryl methyl sites for hydroxylation is 1. The summed E-state index contributed by atoms with van der Waals surface area (Å²) in [5.41, 5.74) is 2.80. The highest BCUT2D eigenvalue weighted by Gasteiger charge is 2.18. The Balaban J connectivity index is 1.79. The van der Waals surface area contributed by atoms with Gasteiger partial charge in [-0.2, -0.15) is 10.2 Å². The van der Waals surface area contributed by atoms with Crippen LogP contribution in [0.1, 0.15) is 11.1 Å². The zero-order valence-electron chi connectivity index (χ0n) is 13.2. The first-order valence-corrected chi connectivity index (χ1v) is 8.48. The summed E-state index contributed by atoms with van der Waals surface area (Å²) < 4.78 is 7.10. The van der Waals surface area contributed by atoms with Crippen LogP contribution in [0.25, 0.3) is 28.6 Å². The van der Waals surface area contributed by atoms with Crippen LogP contribution in [0.5, 0.6) is 0 Å². The van der Waals surface area contributed by atoms with Gasteiger partial charge in [-0.05, 0) is 30.7 Å². The zero-order chi connectivity index (χ0) is 18.4. The first-order valence-electron chi connectivity index (χ1n) is 7.34. The molecule has 9 heteroatoms. The van der Waals surface area contributed by atoms with E-state index in [9.17, 15) is 0 Å². The molecule has 4 rings (SSSR count). The first kappa shape index (κ1) is 16.9. The van der Waals surface area contributed by atoms with E-state index in [0.29, 0.717) is 26.9 Å². The Morgan fingerprint density at radius 3 is 2.62 bits per heavy atom. The predicted octanol–water partition coefficient (Wildman–Crippen LogP) is 5.19. The molecule has 0 unspecified atom stereocenters. The fourth-order valence-electron chi connectivity index (χ4n) is 2.53. The molecule has 128 valence electrons. The number of hydrogen-bond donors (Lipinski definition) is 0. The summed E-state index contributed by atoms with van der Waals surface area (Å²) in [7, 11) is 0. The minimum atomic E-state index is 0.217. The lowest BCUT2D eigenvalue weighted by Crippen LogP contribution is -1.86. The van der Waals surface area contributed by atoms with Crippen molar-refractivity contribution in [3.8, 4) is 29.0 Å². The average molecular weight is 405 g/mol. The number of aromatic nitrogens is 4. The minimum Gasteiger partial charge on any atom is -0.332 e. The van der Waals surface area contributed by atoms with Crippen molar-refractivity contribution < 1.29 is 4.52 Å². The van der Waals surface area contributed by atoms with Gasteiger partial charge >= 0.3 is 0 Å². The van der Waals surface area contributed by atoms with Gasteiger partial charge in [0.15, 0.2) is 5.65 Å². The van der Waals surface area contributed by atoms with Gasteiger partial charge in [-0.25, -0.2) is 4.98 Å². The van der Waals surface area contributed by atoms with Gasteiger partial charge in [0.05, 0.1) is 20.6 Å². The van der Waals surface area contributed by atoms with E-state index in [1.807, 2.05) is 25.3 Å². The van der Waals surface area contributed by atoms with Crippen molar-refractivity contribution in [2.24, 2.45) is 0 Å². The van der Waals surface area contributed by atoms with E-state index in [2.05, 4.69) is 15.1 Å². The number of benzene rings is 1. The SMILES string of the molecule is Cc1cc(Cl)c2nc(-c3nc(-c4cc(Cl)c(C#N)cc4Cl)no3)cn2c1. The van der Waals surface area contributed by atoms with E-state index in [1.54, 1.807) is 10.6 Å². The van der Waals surface area contributed by atoms with E-state index in [4.69, 9.17) is 44.6 Å². The van der Waals surface area contributed by atoms with Crippen LogP contribution in [-0.2, 0) is 0 Å². The van der Waals surface area contributed by atoms with Crippen LogP contribution >= 0.6 is 34.8 Å². The van der Waals surface area contributed by atoms with Gasteiger partial charge in [-0.3, -0.25) is 0 Å². The van der Waals surface area contributed by atoms with Crippen LogP contribution in [0.4, 0.5) is 0 Å². The molecular formula is C17H8Cl3N5O. The lowest BCUT2D eigenvalue weighted by atomic mass is 10.1. The predicted molar refractivity (Wildman–Crippen MR) is 98.4 cm³/mol. The average Bonchev–Trinajstić information content (AvgIpc) is 3.23.